The van der Waals surface area contributed by atoms with Gasteiger partial charge in [0.25, 0.3) is 10.0 Å². The van der Waals surface area contributed by atoms with E-state index in [0.29, 0.717) is 13.1 Å². The molecule has 3 N–H and O–H groups in total. The largest absolute Gasteiger partial charge is 0.326 e. The highest BCUT2D eigenvalue weighted by Gasteiger charge is 2.32. The highest BCUT2D eigenvalue weighted by molar-refractivity contribution is 8.00. The number of pyridine rings is 1. The van der Waals surface area contributed by atoms with Gasteiger partial charge < -0.3 is 5.73 Å². The first-order valence-electron chi connectivity index (χ1n) is 7.21. The monoisotopic (exact) mass is 329 g/mol. The molecule has 118 valence electrons. The van der Waals surface area contributed by atoms with Gasteiger partial charge in [0.15, 0.2) is 5.03 Å². The highest BCUT2D eigenvalue weighted by Crippen LogP contribution is 2.38. The molecule has 1 fully saturated rings. The Kier molecular flexibility index (Phi) is 5.65. The van der Waals surface area contributed by atoms with Gasteiger partial charge >= 0.3 is 0 Å². The molecule has 1 saturated carbocycles. The summed E-state index contributed by atoms with van der Waals surface area (Å²) in [5.41, 5.74) is 6.31. The second-order valence-corrected chi connectivity index (χ2v) is 8.47. The fraction of sp³-hybridized carbons (Fsp3) is 0.643. The number of aromatic nitrogens is 1. The van der Waals surface area contributed by atoms with Crippen molar-refractivity contribution in [2.24, 2.45) is 5.73 Å². The quantitative estimate of drug-likeness (QED) is 0.832. The number of hydrogen-bond donors (Lipinski definition) is 2. The molecule has 1 aliphatic rings. The molecule has 5 nitrogen and oxygen atoms in total. The molecule has 7 heteroatoms. The average Bonchev–Trinajstić information content (AvgIpc) is 2.54. The van der Waals surface area contributed by atoms with Crippen LogP contribution in [0.1, 0.15) is 37.7 Å². The van der Waals surface area contributed by atoms with Crippen molar-refractivity contribution < 1.29 is 8.42 Å². The van der Waals surface area contributed by atoms with Gasteiger partial charge in [0, 0.05) is 24.0 Å². The lowest BCUT2D eigenvalue weighted by Gasteiger charge is -2.35. The minimum atomic E-state index is -3.55. The van der Waals surface area contributed by atoms with Crippen LogP contribution in [0.4, 0.5) is 0 Å². The Labute approximate surface area is 131 Å². The molecule has 0 saturated heterocycles. The number of nitrogens with one attached hydrogen (secondary N) is 1. The molecule has 0 radical (unpaired) electrons. The van der Waals surface area contributed by atoms with Gasteiger partial charge in [0.05, 0.1) is 0 Å². The predicted octanol–water partition coefficient (Wildman–Crippen LogP) is 1.88. The van der Waals surface area contributed by atoms with Crippen molar-refractivity contribution in [3.63, 3.8) is 0 Å². The van der Waals surface area contributed by atoms with Gasteiger partial charge in [-0.1, -0.05) is 25.3 Å². The van der Waals surface area contributed by atoms with Gasteiger partial charge in [0.1, 0.15) is 0 Å². The Bertz CT molecular complexity index is 552. The van der Waals surface area contributed by atoms with Crippen molar-refractivity contribution in [3.05, 3.63) is 23.9 Å². The molecule has 0 unspecified atom stereocenters. The molecule has 1 aliphatic carbocycles. The number of rotatable bonds is 6. The number of sulfonamides is 1. The van der Waals surface area contributed by atoms with Crippen molar-refractivity contribution in [3.8, 4) is 0 Å². The third kappa shape index (κ3) is 4.18. The summed E-state index contributed by atoms with van der Waals surface area (Å²) < 4.78 is 27.4. The van der Waals surface area contributed by atoms with Crippen LogP contribution in [0.25, 0.3) is 0 Å². The van der Waals surface area contributed by atoms with Crippen LogP contribution < -0.4 is 10.5 Å². The maximum Gasteiger partial charge on any atom is 0.258 e. The van der Waals surface area contributed by atoms with Gasteiger partial charge in [-0.2, -0.15) is 11.8 Å². The maximum atomic E-state index is 12.3. The Morgan fingerprint density at radius 1 is 1.33 bits per heavy atom. The van der Waals surface area contributed by atoms with E-state index in [1.807, 2.05) is 0 Å². The third-order valence-corrected chi connectivity index (χ3v) is 6.83. The van der Waals surface area contributed by atoms with Crippen LogP contribution in [0, 0.1) is 0 Å². The highest BCUT2D eigenvalue weighted by atomic mass is 32.2. The van der Waals surface area contributed by atoms with Crippen molar-refractivity contribution in [2.75, 3.05) is 12.8 Å². The fourth-order valence-corrected chi connectivity index (χ4v) is 4.70. The first kappa shape index (κ1) is 16.7. The lowest BCUT2D eigenvalue weighted by Crippen LogP contribution is -2.41. The first-order chi connectivity index (χ1) is 10.0. The van der Waals surface area contributed by atoms with Crippen molar-refractivity contribution in [2.45, 2.75) is 48.4 Å². The lowest BCUT2D eigenvalue weighted by molar-refractivity contribution is 0.394. The first-order valence-corrected chi connectivity index (χ1v) is 9.92. The molecule has 0 amide bonds. The predicted molar refractivity (Wildman–Crippen MR) is 86.6 cm³/mol. The van der Waals surface area contributed by atoms with E-state index >= 15 is 0 Å². The summed E-state index contributed by atoms with van der Waals surface area (Å²) in [6, 6.07) is 3.21. The summed E-state index contributed by atoms with van der Waals surface area (Å²) in [7, 11) is -3.55. The molecular formula is C14H23N3O2S2. The molecule has 1 heterocycles. The smallest absolute Gasteiger partial charge is 0.258 e. The Hall–Kier alpha value is -0.630. The van der Waals surface area contributed by atoms with E-state index in [1.54, 1.807) is 17.8 Å². The summed E-state index contributed by atoms with van der Waals surface area (Å²) >= 11 is 1.77. The Morgan fingerprint density at radius 3 is 2.57 bits per heavy atom. The molecule has 0 bridgehead atoms. The van der Waals surface area contributed by atoms with Crippen LogP contribution in [-0.2, 0) is 16.6 Å². The van der Waals surface area contributed by atoms with E-state index < -0.39 is 10.0 Å². The number of nitrogens with two attached hydrogens (primary N) is 1. The van der Waals surface area contributed by atoms with Crippen LogP contribution in [0.3, 0.4) is 0 Å². The maximum absolute atomic E-state index is 12.3. The molecule has 0 spiro atoms. The van der Waals surface area contributed by atoms with Crippen molar-refractivity contribution >= 4 is 21.8 Å². The minimum Gasteiger partial charge on any atom is -0.326 e. The second kappa shape index (κ2) is 7.09. The van der Waals surface area contributed by atoms with Gasteiger partial charge in [-0.25, -0.2) is 18.1 Å². The molecule has 0 aliphatic heterocycles. The van der Waals surface area contributed by atoms with E-state index in [9.17, 15) is 8.42 Å². The van der Waals surface area contributed by atoms with Crippen LogP contribution in [0.15, 0.2) is 23.4 Å². The van der Waals surface area contributed by atoms with E-state index in [-0.39, 0.29) is 9.77 Å². The molecule has 0 atom stereocenters. The summed E-state index contributed by atoms with van der Waals surface area (Å²) in [5.74, 6) is 0. The Morgan fingerprint density at radius 2 is 2.05 bits per heavy atom. The summed E-state index contributed by atoms with van der Waals surface area (Å²) in [4.78, 5) is 4.00. The van der Waals surface area contributed by atoms with Crippen molar-refractivity contribution in [1.82, 2.24) is 9.71 Å². The fourth-order valence-electron chi connectivity index (χ4n) is 2.64. The van der Waals surface area contributed by atoms with Crippen LogP contribution in [0.2, 0.25) is 0 Å². The van der Waals surface area contributed by atoms with Gasteiger partial charge in [-0.05, 0) is 30.7 Å². The second-order valence-electron chi connectivity index (χ2n) is 5.48. The van der Waals surface area contributed by atoms with E-state index in [1.165, 1.54) is 31.5 Å². The normalized spacial score (nSPS) is 18.6. The zero-order chi connectivity index (χ0) is 15.3. The van der Waals surface area contributed by atoms with Crippen LogP contribution >= 0.6 is 11.8 Å². The van der Waals surface area contributed by atoms with Gasteiger partial charge in [-0.15, -0.1) is 0 Å². The summed E-state index contributed by atoms with van der Waals surface area (Å²) in [5, 5.41) is 0.0618. The lowest BCUT2D eigenvalue weighted by atomic mass is 9.88. The zero-order valence-electron chi connectivity index (χ0n) is 12.3. The molecule has 21 heavy (non-hydrogen) atoms. The van der Waals surface area contributed by atoms with Crippen LogP contribution in [0.5, 0.6) is 0 Å². The van der Waals surface area contributed by atoms with E-state index in [4.69, 9.17) is 5.73 Å². The summed E-state index contributed by atoms with van der Waals surface area (Å²) in [6.07, 6.45) is 9.30. The average molecular weight is 329 g/mol. The number of thioether (sulfide) groups is 1. The SMILES string of the molecule is CSC1(CNS(=O)(=O)c2ccc(CN)cn2)CCCCC1. The van der Waals surface area contributed by atoms with E-state index in [2.05, 4.69) is 16.0 Å². The van der Waals surface area contributed by atoms with Gasteiger partial charge in [-0.3, -0.25) is 0 Å². The molecule has 1 aromatic rings. The molecule has 0 aromatic carbocycles. The van der Waals surface area contributed by atoms with Gasteiger partial charge in [0.2, 0.25) is 0 Å². The molecular weight excluding hydrogens is 306 g/mol. The van der Waals surface area contributed by atoms with Crippen molar-refractivity contribution in [1.29, 1.82) is 0 Å². The molecule has 2 rings (SSSR count). The van der Waals surface area contributed by atoms with E-state index in [0.717, 1.165) is 18.4 Å². The molecule has 1 aromatic heterocycles. The minimum absolute atomic E-state index is 0.0303. The summed E-state index contributed by atoms with van der Waals surface area (Å²) in [6.45, 7) is 0.827. The van der Waals surface area contributed by atoms with Crippen LogP contribution in [-0.4, -0.2) is 30.9 Å². The number of hydrogen-bond acceptors (Lipinski definition) is 5. The topological polar surface area (TPSA) is 85.1 Å². The third-order valence-electron chi connectivity index (χ3n) is 4.09. The Balaban J connectivity index is 2.06. The number of nitrogens with zero attached hydrogens (tertiary/aromatic N) is 1. The standard InChI is InChI=1S/C14H23N3O2S2/c1-20-14(7-3-2-4-8-14)11-17-21(18,19)13-6-5-12(9-15)10-16-13/h5-6,10,17H,2-4,7-9,11,15H2,1H3. The zero-order valence-corrected chi connectivity index (χ0v) is 14.0.